The van der Waals surface area contributed by atoms with Gasteiger partial charge in [-0.05, 0) is 86.5 Å². The first-order chi connectivity index (χ1) is 18.6. The van der Waals surface area contributed by atoms with Gasteiger partial charge >= 0.3 is 12.2 Å². The largest absolute Gasteiger partial charge is 0.410 e. The number of fused-ring (bicyclic) bond motifs is 1. The molecule has 1 aliphatic heterocycles. The van der Waals surface area contributed by atoms with Crippen molar-refractivity contribution in [2.45, 2.75) is 69.8 Å². The van der Waals surface area contributed by atoms with Crippen LogP contribution in [-0.4, -0.2) is 58.7 Å². The normalized spacial score (nSPS) is 23.5. The molecule has 2 saturated carbocycles. The maximum atomic E-state index is 13.6. The average Bonchev–Trinajstić information content (AvgIpc) is 3.77. The number of aryl methyl sites for hydroxylation is 1. The summed E-state index contributed by atoms with van der Waals surface area (Å²) in [5.41, 5.74) is 3.10. The van der Waals surface area contributed by atoms with Crippen LogP contribution < -0.4 is 16.0 Å². The van der Waals surface area contributed by atoms with E-state index in [1.54, 1.807) is 13.0 Å². The van der Waals surface area contributed by atoms with Gasteiger partial charge in [-0.1, -0.05) is 11.2 Å². The number of urea groups is 1. The zero-order chi connectivity index (χ0) is 27.5. The minimum atomic E-state index is -4.50. The summed E-state index contributed by atoms with van der Waals surface area (Å²) in [6.45, 7) is 1.25. The van der Waals surface area contributed by atoms with Gasteiger partial charge in [0.1, 0.15) is 23.9 Å². The van der Waals surface area contributed by atoms with Gasteiger partial charge < -0.3 is 25.4 Å². The molecule has 4 amide bonds. The third-order valence-corrected chi connectivity index (χ3v) is 8.44. The van der Waals surface area contributed by atoms with Gasteiger partial charge in [-0.2, -0.15) is 13.2 Å². The van der Waals surface area contributed by atoms with E-state index in [-0.39, 0.29) is 17.9 Å². The lowest BCUT2D eigenvalue weighted by atomic mass is 9.88. The van der Waals surface area contributed by atoms with Crippen LogP contribution in [0.5, 0.6) is 0 Å². The van der Waals surface area contributed by atoms with Gasteiger partial charge in [0.05, 0.1) is 12.2 Å². The van der Waals surface area contributed by atoms with Gasteiger partial charge in [0.15, 0.2) is 0 Å². The SMILES string of the molecule is Cc1nocc1C(=O)N[C@H](C(=O)Nc1ccc2c(c1)CC(N1C[C@@H](C(F)(F)F)NC1=O)C2)C(C1CC1)C1CC1. The fraction of sp³-hybridized carbons (Fsp3) is 0.556. The lowest BCUT2D eigenvalue weighted by Crippen LogP contribution is -2.50. The second-order valence-corrected chi connectivity index (χ2v) is 11.2. The third-order valence-electron chi connectivity index (χ3n) is 8.44. The van der Waals surface area contributed by atoms with Crippen molar-refractivity contribution in [1.82, 2.24) is 20.7 Å². The zero-order valence-electron chi connectivity index (χ0n) is 21.4. The lowest BCUT2D eigenvalue weighted by Gasteiger charge is -2.27. The first-order valence-electron chi connectivity index (χ1n) is 13.4. The Kier molecular flexibility index (Phi) is 6.30. The van der Waals surface area contributed by atoms with Crippen LogP contribution in [0.25, 0.3) is 0 Å². The van der Waals surface area contributed by atoms with E-state index in [1.165, 1.54) is 11.2 Å². The number of hydrogen-bond acceptors (Lipinski definition) is 5. The number of carbonyl (C=O) groups is 3. The average molecular weight is 546 g/mol. The highest BCUT2D eigenvalue weighted by Crippen LogP contribution is 2.51. The highest BCUT2D eigenvalue weighted by atomic mass is 19.4. The molecule has 39 heavy (non-hydrogen) atoms. The molecular weight excluding hydrogens is 515 g/mol. The number of nitrogens with one attached hydrogen (secondary N) is 3. The summed E-state index contributed by atoms with van der Waals surface area (Å²) < 4.78 is 44.3. The molecule has 1 unspecified atom stereocenters. The van der Waals surface area contributed by atoms with Crippen LogP contribution in [0.4, 0.5) is 23.7 Å². The van der Waals surface area contributed by atoms with E-state index in [1.807, 2.05) is 17.4 Å². The number of halogens is 3. The Balaban J connectivity index is 1.16. The maximum Gasteiger partial charge on any atom is 0.410 e. The van der Waals surface area contributed by atoms with Gasteiger partial charge in [0.25, 0.3) is 5.91 Å². The molecule has 2 heterocycles. The predicted molar refractivity (Wildman–Crippen MR) is 133 cm³/mol. The van der Waals surface area contributed by atoms with Crippen LogP contribution in [0.1, 0.15) is 52.9 Å². The quantitative estimate of drug-likeness (QED) is 0.469. The molecule has 3 atom stereocenters. The van der Waals surface area contributed by atoms with Crippen LogP contribution in [0.2, 0.25) is 0 Å². The Labute approximate surface area is 222 Å². The molecule has 12 heteroatoms. The molecule has 208 valence electrons. The summed E-state index contributed by atoms with van der Waals surface area (Å²) >= 11 is 0. The van der Waals surface area contributed by atoms with E-state index in [9.17, 15) is 27.6 Å². The number of aromatic nitrogens is 1. The standard InChI is InChI=1S/C27H30F3N5O4/c1-13-20(12-39-34-13)24(36)33-23(22(14-2-3-14)15-4-5-15)25(37)31-18-7-6-16-9-19(10-17(16)8-18)35-11-21(27(28,29)30)32-26(35)38/h6-8,12,14-15,19,21-23H,2-5,9-11H2,1H3,(H,31,37)(H,32,38)(H,33,36)/t19?,21-,23-/m0/s1. The smallest absolute Gasteiger partial charge is 0.364 e. The van der Waals surface area contributed by atoms with Crippen molar-refractivity contribution < 1.29 is 32.1 Å². The van der Waals surface area contributed by atoms with Gasteiger partial charge in [-0.25, -0.2) is 4.79 Å². The van der Waals surface area contributed by atoms with Crippen molar-refractivity contribution in [3.05, 3.63) is 46.8 Å². The Morgan fingerprint density at radius 2 is 1.82 bits per heavy atom. The summed E-state index contributed by atoms with van der Waals surface area (Å²) in [4.78, 5) is 40.1. The number of nitrogens with zero attached hydrogens (tertiary/aromatic N) is 2. The second kappa shape index (κ2) is 9.56. The molecule has 4 aliphatic rings. The second-order valence-electron chi connectivity index (χ2n) is 11.2. The topological polar surface area (TPSA) is 117 Å². The van der Waals surface area contributed by atoms with Crippen LogP contribution in [0, 0.1) is 24.7 Å². The minimum absolute atomic E-state index is 0.0446. The number of anilines is 1. The van der Waals surface area contributed by atoms with Crippen LogP contribution in [-0.2, 0) is 17.6 Å². The number of amides is 4. The van der Waals surface area contributed by atoms with E-state index in [0.717, 1.165) is 36.8 Å². The molecule has 6 rings (SSSR count). The molecule has 3 fully saturated rings. The van der Waals surface area contributed by atoms with Crippen molar-refractivity contribution in [3.63, 3.8) is 0 Å². The molecule has 9 nitrogen and oxygen atoms in total. The fourth-order valence-corrected chi connectivity index (χ4v) is 6.13. The van der Waals surface area contributed by atoms with Crippen LogP contribution >= 0.6 is 0 Å². The van der Waals surface area contributed by atoms with E-state index >= 15 is 0 Å². The molecule has 3 N–H and O–H groups in total. The predicted octanol–water partition coefficient (Wildman–Crippen LogP) is 3.58. The summed E-state index contributed by atoms with van der Waals surface area (Å²) in [6.07, 6.45) is 1.77. The van der Waals surface area contributed by atoms with Crippen molar-refractivity contribution in [3.8, 4) is 0 Å². The Morgan fingerprint density at radius 1 is 1.13 bits per heavy atom. The Morgan fingerprint density at radius 3 is 2.41 bits per heavy atom. The molecule has 0 bridgehead atoms. The highest BCUT2D eigenvalue weighted by Gasteiger charge is 2.50. The number of alkyl halides is 3. The summed E-state index contributed by atoms with van der Waals surface area (Å²) in [5.74, 6) is 0.124. The van der Waals surface area contributed by atoms with E-state index < -0.39 is 36.7 Å². The first-order valence-corrected chi connectivity index (χ1v) is 13.4. The minimum Gasteiger partial charge on any atom is -0.364 e. The molecule has 1 saturated heterocycles. The third kappa shape index (κ3) is 5.20. The monoisotopic (exact) mass is 545 g/mol. The van der Waals surface area contributed by atoms with Crippen LogP contribution in [0.3, 0.4) is 0 Å². The Bertz CT molecular complexity index is 1290. The van der Waals surface area contributed by atoms with E-state index in [0.29, 0.717) is 41.6 Å². The number of hydrogen-bond donors (Lipinski definition) is 3. The molecule has 1 aromatic carbocycles. The van der Waals surface area contributed by atoms with Gasteiger partial charge in [-0.15, -0.1) is 0 Å². The summed E-state index contributed by atoms with van der Waals surface area (Å²) in [7, 11) is 0. The Hall–Kier alpha value is -3.57. The first kappa shape index (κ1) is 25.7. The lowest BCUT2D eigenvalue weighted by molar-refractivity contribution is -0.150. The molecule has 3 aliphatic carbocycles. The van der Waals surface area contributed by atoms with E-state index in [2.05, 4.69) is 15.8 Å². The highest BCUT2D eigenvalue weighted by molar-refractivity contribution is 6.01. The molecule has 2 aromatic rings. The molecular formula is C27H30F3N5O4. The fourth-order valence-electron chi connectivity index (χ4n) is 6.13. The van der Waals surface area contributed by atoms with E-state index in [4.69, 9.17) is 4.52 Å². The maximum absolute atomic E-state index is 13.6. The number of rotatable bonds is 8. The summed E-state index contributed by atoms with van der Waals surface area (Å²) in [5, 5.41) is 11.7. The van der Waals surface area contributed by atoms with Crippen LogP contribution in [0.15, 0.2) is 29.0 Å². The van der Waals surface area contributed by atoms with Gasteiger partial charge in [-0.3, -0.25) is 9.59 Å². The number of benzene rings is 1. The molecule has 0 spiro atoms. The molecule has 0 radical (unpaired) electrons. The van der Waals surface area contributed by atoms with Gasteiger partial charge in [0, 0.05) is 11.7 Å². The van der Waals surface area contributed by atoms with Crippen molar-refractivity contribution in [2.75, 3.05) is 11.9 Å². The summed E-state index contributed by atoms with van der Waals surface area (Å²) in [6, 6.07) is 1.72. The van der Waals surface area contributed by atoms with Crippen molar-refractivity contribution in [1.29, 1.82) is 0 Å². The van der Waals surface area contributed by atoms with Crippen molar-refractivity contribution >= 4 is 23.5 Å². The molecule has 1 aromatic heterocycles. The number of carbonyl (C=O) groups excluding carboxylic acids is 3. The van der Waals surface area contributed by atoms with Crippen molar-refractivity contribution in [2.24, 2.45) is 17.8 Å². The van der Waals surface area contributed by atoms with Gasteiger partial charge in [0.2, 0.25) is 5.91 Å². The zero-order valence-corrected chi connectivity index (χ0v) is 21.4.